The lowest BCUT2D eigenvalue weighted by molar-refractivity contribution is 0.298. The molecule has 0 unspecified atom stereocenters. The minimum absolute atomic E-state index is 0.120. The van der Waals surface area contributed by atoms with Crippen LogP contribution in [0.25, 0.3) is 22.3 Å². The number of aryl methyl sites for hydroxylation is 1. The predicted molar refractivity (Wildman–Crippen MR) is 118 cm³/mol. The fourth-order valence-electron chi connectivity index (χ4n) is 2.99. The van der Waals surface area contributed by atoms with E-state index in [0.29, 0.717) is 31.8 Å². The summed E-state index contributed by atoms with van der Waals surface area (Å²) in [5, 5.41) is 1.73. The first kappa shape index (κ1) is 19.8. The van der Waals surface area contributed by atoms with Gasteiger partial charge in [-0.3, -0.25) is 4.79 Å². The van der Waals surface area contributed by atoms with Crippen molar-refractivity contribution in [3.63, 3.8) is 0 Å². The minimum Gasteiger partial charge on any atom is -0.481 e. The number of hydrogen-bond acceptors (Lipinski definition) is 3. The van der Waals surface area contributed by atoms with Gasteiger partial charge in [0.05, 0.1) is 15.4 Å². The van der Waals surface area contributed by atoms with Gasteiger partial charge in [0.1, 0.15) is 12.2 Å². The Morgan fingerprint density at radius 1 is 0.897 bits per heavy atom. The quantitative estimate of drug-likeness (QED) is 0.330. The second-order valence-electron chi connectivity index (χ2n) is 6.59. The topological polar surface area (TPSA) is 39.4 Å². The van der Waals surface area contributed by atoms with Crippen molar-refractivity contribution in [1.82, 2.24) is 0 Å². The molecule has 0 bridgehead atoms. The van der Waals surface area contributed by atoms with Crippen molar-refractivity contribution < 1.29 is 9.15 Å². The summed E-state index contributed by atoms with van der Waals surface area (Å²) < 4.78 is 12.0. The Morgan fingerprint density at radius 3 is 2.38 bits per heavy atom. The van der Waals surface area contributed by atoms with Crippen LogP contribution in [0.15, 0.2) is 69.9 Å². The lowest BCUT2D eigenvalue weighted by Crippen LogP contribution is -2.10. The van der Waals surface area contributed by atoms with Crippen LogP contribution < -0.4 is 10.2 Å². The van der Waals surface area contributed by atoms with Gasteiger partial charge in [-0.2, -0.15) is 0 Å². The van der Waals surface area contributed by atoms with Gasteiger partial charge in [0.15, 0.2) is 5.76 Å². The Balaban J connectivity index is 1.85. The highest BCUT2D eigenvalue weighted by Crippen LogP contribution is 2.33. The molecule has 0 atom stereocenters. The first-order valence-corrected chi connectivity index (χ1v) is 9.96. The summed E-state index contributed by atoms with van der Waals surface area (Å²) in [6.07, 6.45) is 0. The van der Waals surface area contributed by atoms with Gasteiger partial charge in [0.2, 0.25) is 11.2 Å². The second kappa shape index (κ2) is 8.11. The third kappa shape index (κ3) is 3.99. The van der Waals surface area contributed by atoms with E-state index in [9.17, 15) is 4.79 Å². The molecule has 0 amide bonds. The Morgan fingerprint density at radius 2 is 1.66 bits per heavy atom. The summed E-state index contributed by atoms with van der Waals surface area (Å²) in [7, 11) is 0. The monoisotopic (exact) mass is 444 g/mol. The number of ether oxygens (including phenoxy) is 1. The van der Waals surface area contributed by atoms with Gasteiger partial charge < -0.3 is 9.15 Å². The fraction of sp³-hybridized carbons (Fsp3) is 0.0870. The van der Waals surface area contributed by atoms with Crippen molar-refractivity contribution in [2.75, 3.05) is 0 Å². The highest BCUT2D eigenvalue weighted by molar-refractivity contribution is 6.42. The number of rotatable bonds is 4. The highest BCUT2D eigenvalue weighted by Gasteiger charge is 2.19. The van der Waals surface area contributed by atoms with E-state index < -0.39 is 0 Å². The summed E-state index contributed by atoms with van der Waals surface area (Å²) in [4.78, 5) is 13.2. The summed E-state index contributed by atoms with van der Waals surface area (Å²) in [5.74, 6) is 0.486. The largest absolute Gasteiger partial charge is 0.481 e. The summed E-state index contributed by atoms with van der Waals surface area (Å²) in [6.45, 7) is 1.99. The Hall–Kier alpha value is -2.46. The maximum Gasteiger partial charge on any atom is 0.235 e. The molecule has 0 radical (unpaired) electrons. The molecule has 0 saturated heterocycles. The molecule has 0 aliphatic carbocycles. The number of halogens is 3. The van der Waals surface area contributed by atoms with Crippen LogP contribution >= 0.6 is 34.8 Å². The molecule has 1 heterocycles. The van der Waals surface area contributed by atoms with E-state index in [1.165, 1.54) is 0 Å². The molecular formula is C23H15Cl3O3. The van der Waals surface area contributed by atoms with E-state index in [1.807, 2.05) is 37.3 Å². The van der Waals surface area contributed by atoms with Crippen molar-refractivity contribution in [2.45, 2.75) is 13.5 Å². The van der Waals surface area contributed by atoms with Crippen molar-refractivity contribution in [2.24, 2.45) is 0 Å². The molecule has 4 aromatic rings. The molecule has 6 heteroatoms. The molecule has 1 aromatic heterocycles. The summed E-state index contributed by atoms with van der Waals surface area (Å²) in [5.41, 5.74) is 2.51. The molecule has 3 aromatic carbocycles. The zero-order chi connectivity index (χ0) is 20.5. The van der Waals surface area contributed by atoms with Crippen molar-refractivity contribution >= 4 is 45.8 Å². The maximum atomic E-state index is 13.2. The standard InChI is InChI=1S/C23H15Cl3O3/c1-13-9-20-16(11-18(13)25)21(27)23(22(29-20)15-5-3-2-4-6-15)28-12-14-7-8-17(24)19(26)10-14/h2-11H,12H2,1H3. The smallest absolute Gasteiger partial charge is 0.235 e. The molecule has 0 aliphatic heterocycles. The van der Waals surface area contributed by atoms with E-state index in [4.69, 9.17) is 44.0 Å². The van der Waals surface area contributed by atoms with Gasteiger partial charge >= 0.3 is 0 Å². The molecular weight excluding hydrogens is 431 g/mol. The number of hydrogen-bond donors (Lipinski definition) is 0. The molecule has 0 fully saturated rings. The van der Waals surface area contributed by atoms with E-state index in [1.54, 1.807) is 30.3 Å². The van der Waals surface area contributed by atoms with Crippen LogP contribution in [0, 0.1) is 6.92 Å². The summed E-state index contributed by atoms with van der Waals surface area (Å²) in [6, 6.07) is 17.9. The lowest BCUT2D eigenvalue weighted by Gasteiger charge is -2.13. The third-order valence-corrected chi connectivity index (χ3v) is 5.68. The average Bonchev–Trinajstić information content (AvgIpc) is 2.72. The Kier molecular flexibility index (Phi) is 5.55. The van der Waals surface area contributed by atoms with Gasteiger partial charge in [-0.05, 0) is 42.3 Å². The van der Waals surface area contributed by atoms with Crippen LogP contribution in [0.4, 0.5) is 0 Å². The molecule has 29 heavy (non-hydrogen) atoms. The molecule has 146 valence electrons. The Labute approximate surface area is 182 Å². The molecule has 0 saturated carbocycles. The van der Waals surface area contributed by atoms with Crippen LogP contribution in [0.1, 0.15) is 11.1 Å². The normalized spacial score (nSPS) is 11.0. The van der Waals surface area contributed by atoms with Crippen molar-refractivity contribution in [3.8, 4) is 17.1 Å². The molecule has 3 nitrogen and oxygen atoms in total. The van der Waals surface area contributed by atoms with Crippen molar-refractivity contribution in [1.29, 1.82) is 0 Å². The zero-order valence-electron chi connectivity index (χ0n) is 15.3. The first-order valence-electron chi connectivity index (χ1n) is 8.83. The van der Waals surface area contributed by atoms with Crippen LogP contribution in [0.3, 0.4) is 0 Å². The van der Waals surface area contributed by atoms with E-state index in [-0.39, 0.29) is 17.8 Å². The fourth-order valence-corrected chi connectivity index (χ4v) is 3.48. The van der Waals surface area contributed by atoms with Gasteiger partial charge in [-0.1, -0.05) is 71.2 Å². The lowest BCUT2D eigenvalue weighted by atomic mass is 10.1. The van der Waals surface area contributed by atoms with E-state index in [2.05, 4.69) is 0 Å². The third-order valence-electron chi connectivity index (χ3n) is 4.53. The zero-order valence-corrected chi connectivity index (χ0v) is 17.6. The SMILES string of the molecule is Cc1cc2oc(-c3ccccc3)c(OCc3ccc(Cl)c(Cl)c3)c(=O)c2cc1Cl. The minimum atomic E-state index is -0.285. The van der Waals surface area contributed by atoms with Gasteiger partial charge in [0, 0.05) is 10.6 Å². The highest BCUT2D eigenvalue weighted by atomic mass is 35.5. The first-order chi connectivity index (χ1) is 13.9. The molecule has 4 rings (SSSR count). The van der Waals surface area contributed by atoms with E-state index >= 15 is 0 Å². The van der Waals surface area contributed by atoms with Crippen LogP contribution in [0.2, 0.25) is 15.1 Å². The van der Waals surface area contributed by atoms with E-state index in [0.717, 1.165) is 16.7 Å². The van der Waals surface area contributed by atoms with Gasteiger partial charge in [-0.25, -0.2) is 0 Å². The van der Waals surface area contributed by atoms with Gasteiger partial charge in [0.25, 0.3) is 0 Å². The Bertz CT molecular complexity index is 1260. The average molecular weight is 446 g/mol. The second-order valence-corrected chi connectivity index (χ2v) is 7.81. The predicted octanol–water partition coefficient (Wildman–Crippen LogP) is 7.31. The molecule has 0 aliphatic rings. The van der Waals surface area contributed by atoms with Crippen LogP contribution in [0.5, 0.6) is 5.75 Å². The van der Waals surface area contributed by atoms with Gasteiger partial charge in [-0.15, -0.1) is 0 Å². The molecule has 0 N–H and O–H groups in total. The summed E-state index contributed by atoms with van der Waals surface area (Å²) >= 11 is 18.3. The molecule has 0 spiro atoms. The number of benzene rings is 3. The maximum absolute atomic E-state index is 13.2. The number of fused-ring (bicyclic) bond motifs is 1. The van der Waals surface area contributed by atoms with Crippen LogP contribution in [-0.2, 0) is 6.61 Å². The van der Waals surface area contributed by atoms with Crippen molar-refractivity contribution in [3.05, 3.63) is 97.1 Å². The van der Waals surface area contributed by atoms with Crippen LogP contribution in [-0.4, -0.2) is 0 Å².